The number of carbonyl (C=O) groups is 1. The summed E-state index contributed by atoms with van der Waals surface area (Å²) in [6.07, 6.45) is -0.897. The summed E-state index contributed by atoms with van der Waals surface area (Å²) in [6.45, 7) is 0.190. The molecule has 0 saturated heterocycles. The van der Waals surface area contributed by atoms with Gasteiger partial charge in [-0.15, -0.1) is 0 Å². The number of nitrogens with zero attached hydrogens (tertiary/aromatic N) is 1. The van der Waals surface area contributed by atoms with E-state index in [0.717, 1.165) is 0 Å². The highest BCUT2D eigenvalue weighted by Crippen LogP contribution is 2.02. The number of nitrogens with two attached hydrogens (primary N) is 1. The lowest BCUT2D eigenvalue weighted by Gasteiger charge is -2.20. The van der Waals surface area contributed by atoms with E-state index in [2.05, 4.69) is 0 Å². The molecule has 7 heteroatoms. The number of carbonyl (C=O) groups excluding carboxylic acids is 1. The molecule has 5 nitrogen and oxygen atoms in total. The first-order valence-electron chi connectivity index (χ1n) is 5.21. The second kappa shape index (κ2) is 9.44. The predicted molar refractivity (Wildman–Crippen MR) is 55.7 cm³/mol. The topological polar surface area (TPSA) is 78.6 Å². The number of aliphatic hydroxyl groups excluding tert-OH is 1. The second-order valence-electron chi connectivity index (χ2n) is 3.44. The van der Waals surface area contributed by atoms with Gasteiger partial charge < -0.3 is 5.11 Å². The standard InChI is InChI=1S/C9H19F2N3O2/c10-8(11)7-14(5-6-15)4-2-1-3-9(16)13-12/h8,15H,1-7,12H2,(H,13,16). The number of halogens is 2. The number of hydrogen-bond acceptors (Lipinski definition) is 4. The van der Waals surface area contributed by atoms with Crippen LogP contribution in [0.4, 0.5) is 8.78 Å². The zero-order valence-corrected chi connectivity index (χ0v) is 9.16. The number of aliphatic hydroxyl groups is 1. The molecular formula is C9H19F2N3O2. The van der Waals surface area contributed by atoms with E-state index in [1.54, 1.807) is 0 Å². The van der Waals surface area contributed by atoms with Gasteiger partial charge in [0.25, 0.3) is 6.43 Å². The Hall–Kier alpha value is -0.790. The van der Waals surface area contributed by atoms with Crippen LogP contribution in [0.15, 0.2) is 0 Å². The fraction of sp³-hybridized carbons (Fsp3) is 0.889. The monoisotopic (exact) mass is 239 g/mol. The summed E-state index contributed by atoms with van der Waals surface area (Å²) < 4.78 is 24.2. The number of nitrogens with one attached hydrogen (secondary N) is 1. The molecule has 16 heavy (non-hydrogen) atoms. The van der Waals surface area contributed by atoms with Crippen molar-refractivity contribution in [2.75, 3.05) is 26.2 Å². The lowest BCUT2D eigenvalue weighted by Crippen LogP contribution is -2.33. The predicted octanol–water partition coefficient (Wildman–Crippen LogP) is -0.294. The van der Waals surface area contributed by atoms with Crippen molar-refractivity contribution in [1.29, 1.82) is 0 Å². The van der Waals surface area contributed by atoms with Crippen molar-refractivity contribution in [3.63, 3.8) is 0 Å². The molecule has 0 fully saturated rings. The first kappa shape index (κ1) is 15.2. The van der Waals surface area contributed by atoms with E-state index in [-0.39, 0.29) is 32.0 Å². The number of hydrazine groups is 1. The van der Waals surface area contributed by atoms with Gasteiger partial charge >= 0.3 is 0 Å². The lowest BCUT2D eigenvalue weighted by atomic mass is 10.2. The van der Waals surface area contributed by atoms with Crippen LogP contribution in [-0.4, -0.2) is 48.6 Å². The lowest BCUT2D eigenvalue weighted by molar-refractivity contribution is -0.121. The Morgan fingerprint density at radius 2 is 2.06 bits per heavy atom. The third-order valence-corrected chi connectivity index (χ3v) is 2.10. The van der Waals surface area contributed by atoms with Crippen LogP contribution >= 0.6 is 0 Å². The summed E-state index contributed by atoms with van der Waals surface area (Å²) in [5.41, 5.74) is 2.00. The van der Waals surface area contributed by atoms with Gasteiger partial charge in [0.1, 0.15) is 0 Å². The fourth-order valence-electron chi connectivity index (χ4n) is 1.32. The van der Waals surface area contributed by atoms with E-state index in [0.29, 0.717) is 19.4 Å². The summed E-state index contributed by atoms with van der Waals surface area (Å²) in [5, 5.41) is 8.67. The highest BCUT2D eigenvalue weighted by molar-refractivity contribution is 5.74. The maximum absolute atomic E-state index is 12.1. The minimum Gasteiger partial charge on any atom is -0.395 e. The number of alkyl halides is 2. The fourth-order valence-corrected chi connectivity index (χ4v) is 1.32. The van der Waals surface area contributed by atoms with Gasteiger partial charge in [-0.1, -0.05) is 0 Å². The Morgan fingerprint density at radius 1 is 1.38 bits per heavy atom. The Balaban J connectivity index is 3.63. The van der Waals surface area contributed by atoms with Crippen molar-refractivity contribution in [3.05, 3.63) is 0 Å². The van der Waals surface area contributed by atoms with Crippen LogP contribution in [0.2, 0.25) is 0 Å². The third kappa shape index (κ3) is 8.51. The summed E-state index contributed by atoms with van der Waals surface area (Å²) in [4.78, 5) is 12.2. The van der Waals surface area contributed by atoms with E-state index in [1.807, 2.05) is 5.43 Å². The SMILES string of the molecule is NNC(=O)CCCCN(CCO)CC(F)F. The van der Waals surface area contributed by atoms with E-state index < -0.39 is 6.43 Å². The summed E-state index contributed by atoms with van der Waals surface area (Å²) in [5.74, 6) is 4.62. The first-order chi connectivity index (χ1) is 7.60. The van der Waals surface area contributed by atoms with Gasteiger partial charge in [-0.05, 0) is 19.4 Å². The summed E-state index contributed by atoms with van der Waals surface area (Å²) in [6, 6.07) is 0. The number of hydrogen-bond donors (Lipinski definition) is 3. The summed E-state index contributed by atoms with van der Waals surface area (Å²) in [7, 11) is 0. The van der Waals surface area contributed by atoms with E-state index in [9.17, 15) is 13.6 Å². The molecule has 1 amide bonds. The van der Waals surface area contributed by atoms with Crippen LogP contribution in [-0.2, 0) is 4.79 Å². The highest BCUT2D eigenvalue weighted by atomic mass is 19.3. The molecule has 0 unspecified atom stereocenters. The Kier molecular flexibility index (Phi) is 8.97. The molecule has 0 aliphatic rings. The Morgan fingerprint density at radius 3 is 2.56 bits per heavy atom. The Bertz CT molecular complexity index is 194. The molecular weight excluding hydrogens is 220 g/mol. The minimum atomic E-state index is -2.40. The van der Waals surface area contributed by atoms with Gasteiger partial charge in [-0.3, -0.25) is 15.1 Å². The van der Waals surface area contributed by atoms with Gasteiger partial charge in [-0.25, -0.2) is 14.6 Å². The molecule has 0 aromatic heterocycles. The van der Waals surface area contributed by atoms with Crippen molar-refractivity contribution in [1.82, 2.24) is 10.3 Å². The molecule has 0 aromatic carbocycles. The molecule has 0 rings (SSSR count). The summed E-state index contributed by atoms with van der Waals surface area (Å²) >= 11 is 0. The van der Waals surface area contributed by atoms with E-state index >= 15 is 0 Å². The van der Waals surface area contributed by atoms with Gasteiger partial charge in [0, 0.05) is 13.0 Å². The van der Waals surface area contributed by atoms with Crippen LogP contribution in [0.1, 0.15) is 19.3 Å². The molecule has 0 heterocycles. The molecule has 0 aliphatic heterocycles. The van der Waals surface area contributed by atoms with Gasteiger partial charge in [0.2, 0.25) is 5.91 Å². The second-order valence-corrected chi connectivity index (χ2v) is 3.44. The van der Waals surface area contributed by atoms with Crippen molar-refractivity contribution < 1.29 is 18.7 Å². The molecule has 0 aromatic rings. The normalized spacial score (nSPS) is 11.1. The number of rotatable bonds is 9. The maximum atomic E-state index is 12.1. The largest absolute Gasteiger partial charge is 0.395 e. The van der Waals surface area contributed by atoms with Crippen molar-refractivity contribution in [2.24, 2.45) is 5.84 Å². The molecule has 0 atom stereocenters. The highest BCUT2D eigenvalue weighted by Gasteiger charge is 2.11. The third-order valence-electron chi connectivity index (χ3n) is 2.10. The maximum Gasteiger partial charge on any atom is 0.251 e. The van der Waals surface area contributed by atoms with E-state index in [1.165, 1.54) is 4.90 Å². The number of amides is 1. The first-order valence-corrected chi connectivity index (χ1v) is 5.21. The molecule has 0 spiro atoms. The Labute approximate surface area is 93.6 Å². The minimum absolute atomic E-state index is 0.143. The number of unbranched alkanes of at least 4 members (excludes halogenated alkanes) is 1. The average molecular weight is 239 g/mol. The quantitative estimate of drug-likeness (QED) is 0.223. The molecule has 0 saturated carbocycles. The molecule has 96 valence electrons. The molecule has 0 aliphatic carbocycles. The van der Waals surface area contributed by atoms with Gasteiger partial charge in [0.05, 0.1) is 13.2 Å². The molecule has 0 radical (unpaired) electrons. The van der Waals surface area contributed by atoms with Gasteiger partial charge in [-0.2, -0.15) is 0 Å². The van der Waals surface area contributed by atoms with Crippen molar-refractivity contribution in [2.45, 2.75) is 25.7 Å². The van der Waals surface area contributed by atoms with Crippen LogP contribution in [0.5, 0.6) is 0 Å². The molecule has 0 bridgehead atoms. The van der Waals surface area contributed by atoms with Crippen molar-refractivity contribution >= 4 is 5.91 Å². The van der Waals surface area contributed by atoms with Crippen LogP contribution in [0.25, 0.3) is 0 Å². The average Bonchev–Trinajstić information content (AvgIpc) is 2.23. The van der Waals surface area contributed by atoms with Crippen LogP contribution in [0, 0.1) is 0 Å². The van der Waals surface area contributed by atoms with E-state index in [4.69, 9.17) is 10.9 Å². The van der Waals surface area contributed by atoms with Crippen LogP contribution in [0.3, 0.4) is 0 Å². The smallest absolute Gasteiger partial charge is 0.251 e. The zero-order chi connectivity index (χ0) is 12.4. The van der Waals surface area contributed by atoms with Gasteiger partial charge in [0.15, 0.2) is 0 Å². The van der Waals surface area contributed by atoms with Crippen LogP contribution < -0.4 is 11.3 Å². The zero-order valence-electron chi connectivity index (χ0n) is 9.16. The van der Waals surface area contributed by atoms with Crippen molar-refractivity contribution in [3.8, 4) is 0 Å². The molecule has 4 N–H and O–H groups in total.